The SMILES string of the molecule is CCc1cccc(CC)c1-c1cc(OC(C)C)c(CN(C)c2nc(C)ccc2C#N)c(C)n1. The van der Waals surface area contributed by atoms with E-state index in [-0.39, 0.29) is 6.10 Å². The Bertz CT molecular complexity index is 1150. The highest BCUT2D eigenvalue weighted by Crippen LogP contribution is 2.34. The largest absolute Gasteiger partial charge is 0.491 e. The lowest BCUT2D eigenvalue weighted by molar-refractivity contribution is 0.239. The average Bonchev–Trinajstić information content (AvgIpc) is 2.79. The van der Waals surface area contributed by atoms with Crippen LogP contribution >= 0.6 is 0 Å². The Morgan fingerprint density at radius 2 is 1.70 bits per heavy atom. The zero-order chi connectivity index (χ0) is 24.1. The van der Waals surface area contributed by atoms with Crippen LogP contribution in [-0.2, 0) is 19.4 Å². The lowest BCUT2D eigenvalue weighted by Gasteiger charge is -2.24. The number of hydrogen-bond donors (Lipinski definition) is 0. The number of aryl methyl sites for hydroxylation is 4. The quantitative estimate of drug-likeness (QED) is 0.417. The van der Waals surface area contributed by atoms with Crippen LogP contribution in [0.1, 0.15) is 61.3 Å². The maximum Gasteiger partial charge on any atom is 0.146 e. The molecule has 0 N–H and O–H groups in total. The normalized spacial score (nSPS) is 10.9. The molecule has 0 saturated carbocycles. The van der Waals surface area contributed by atoms with Crippen LogP contribution in [0.5, 0.6) is 5.75 Å². The molecule has 1 aromatic carbocycles. The molecule has 3 rings (SSSR count). The number of hydrogen-bond acceptors (Lipinski definition) is 5. The Morgan fingerprint density at radius 1 is 1.03 bits per heavy atom. The van der Waals surface area contributed by atoms with Crippen molar-refractivity contribution in [3.63, 3.8) is 0 Å². The van der Waals surface area contributed by atoms with Crippen molar-refractivity contribution < 1.29 is 4.74 Å². The molecule has 3 aromatic rings. The molecule has 0 fully saturated rings. The lowest BCUT2D eigenvalue weighted by Crippen LogP contribution is -2.21. The Labute approximate surface area is 198 Å². The van der Waals surface area contributed by atoms with Crippen molar-refractivity contribution in [2.24, 2.45) is 0 Å². The van der Waals surface area contributed by atoms with Crippen molar-refractivity contribution in [2.75, 3.05) is 11.9 Å². The summed E-state index contributed by atoms with van der Waals surface area (Å²) in [5.74, 6) is 1.50. The van der Waals surface area contributed by atoms with Gasteiger partial charge in [-0.15, -0.1) is 0 Å². The van der Waals surface area contributed by atoms with Crippen molar-refractivity contribution in [3.8, 4) is 23.1 Å². The van der Waals surface area contributed by atoms with Gasteiger partial charge in [-0.25, -0.2) is 4.98 Å². The molecule has 0 bridgehead atoms. The van der Waals surface area contributed by atoms with E-state index in [0.717, 1.165) is 41.2 Å². The van der Waals surface area contributed by atoms with Crippen LogP contribution in [0.25, 0.3) is 11.3 Å². The maximum absolute atomic E-state index is 9.56. The van der Waals surface area contributed by atoms with Crippen LogP contribution < -0.4 is 9.64 Å². The maximum atomic E-state index is 9.56. The van der Waals surface area contributed by atoms with Crippen molar-refractivity contribution >= 4 is 5.82 Å². The van der Waals surface area contributed by atoms with Gasteiger partial charge in [0.05, 0.1) is 17.4 Å². The van der Waals surface area contributed by atoms with E-state index in [2.05, 4.69) is 49.2 Å². The van der Waals surface area contributed by atoms with Crippen LogP contribution in [0, 0.1) is 25.2 Å². The van der Waals surface area contributed by atoms with E-state index in [1.54, 1.807) is 0 Å². The van der Waals surface area contributed by atoms with Crippen LogP contribution in [0.4, 0.5) is 5.82 Å². The molecule has 2 heterocycles. The Morgan fingerprint density at radius 3 is 2.27 bits per heavy atom. The standard InChI is InChI=1S/C28H34N4O/c1-8-21-11-10-12-22(9-2)27(21)25-15-26(33-18(3)4)24(20(6)31-25)17-32(7)28-23(16-29)14-13-19(5)30-28/h10-15,18H,8-9,17H2,1-7H3. The Kier molecular flexibility index (Phi) is 7.71. The molecule has 0 unspecified atom stereocenters. The number of benzene rings is 1. The van der Waals surface area contributed by atoms with Crippen LogP contribution in [0.2, 0.25) is 0 Å². The van der Waals surface area contributed by atoms with Gasteiger partial charge in [-0.3, -0.25) is 4.98 Å². The van der Waals surface area contributed by atoms with Gasteiger partial charge >= 0.3 is 0 Å². The fraction of sp³-hybridized carbons (Fsp3) is 0.393. The summed E-state index contributed by atoms with van der Waals surface area (Å²) < 4.78 is 6.30. The average molecular weight is 443 g/mol. The second kappa shape index (κ2) is 10.5. The summed E-state index contributed by atoms with van der Waals surface area (Å²) in [5.41, 5.74) is 8.13. The summed E-state index contributed by atoms with van der Waals surface area (Å²) in [6.07, 6.45) is 1.93. The molecule has 0 aliphatic rings. The number of aromatic nitrogens is 2. The highest BCUT2D eigenvalue weighted by Gasteiger charge is 2.20. The van der Waals surface area contributed by atoms with Gasteiger partial charge in [0.2, 0.25) is 0 Å². The summed E-state index contributed by atoms with van der Waals surface area (Å²) in [6, 6.07) is 14.5. The van der Waals surface area contributed by atoms with Crippen molar-refractivity contribution in [1.29, 1.82) is 5.26 Å². The third-order valence-electron chi connectivity index (χ3n) is 5.80. The minimum Gasteiger partial charge on any atom is -0.491 e. The van der Waals surface area contributed by atoms with Gasteiger partial charge in [-0.05, 0) is 63.8 Å². The number of ether oxygens (including phenoxy) is 1. The molecule has 5 heteroatoms. The van der Waals surface area contributed by atoms with Crippen LogP contribution in [0.15, 0.2) is 36.4 Å². The van der Waals surface area contributed by atoms with E-state index >= 15 is 0 Å². The molecule has 0 atom stereocenters. The molecule has 5 nitrogen and oxygen atoms in total. The number of rotatable bonds is 8. The zero-order valence-corrected chi connectivity index (χ0v) is 20.9. The summed E-state index contributed by atoms with van der Waals surface area (Å²) in [7, 11) is 1.96. The lowest BCUT2D eigenvalue weighted by atomic mass is 9.94. The first kappa shape index (κ1) is 24.3. The second-order valence-corrected chi connectivity index (χ2v) is 8.69. The predicted molar refractivity (Wildman–Crippen MR) is 135 cm³/mol. The first-order valence-electron chi connectivity index (χ1n) is 11.7. The molecule has 2 aromatic heterocycles. The summed E-state index contributed by atoms with van der Waals surface area (Å²) in [4.78, 5) is 11.7. The van der Waals surface area contributed by atoms with Gasteiger partial charge in [0.1, 0.15) is 17.6 Å². The molecule has 0 radical (unpaired) electrons. The highest BCUT2D eigenvalue weighted by molar-refractivity contribution is 5.70. The van der Waals surface area contributed by atoms with E-state index < -0.39 is 0 Å². The van der Waals surface area contributed by atoms with E-state index in [9.17, 15) is 5.26 Å². The minimum atomic E-state index is 0.0301. The van der Waals surface area contributed by atoms with Crippen LogP contribution in [0.3, 0.4) is 0 Å². The van der Waals surface area contributed by atoms with Crippen molar-refractivity contribution in [1.82, 2.24) is 9.97 Å². The Balaban J connectivity index is 2.12. The topological polar surface area (TPSA) is 62.0 Å². The monoisotopic (exact) mass is 442 g/mol. The summed E-state index contributed by atoms with van der Waals surface area (Å²) in [5, 5.41) is 9.56. The molecular weight excluding hydrogens is 408 g/mol. The molecule has 33 heavy (non-hydrogen) atoms. The number of anilines is 1. The number of nitrogens with zero attached hydrogens (tertiary/aromatic N) is 4. The highest BCUT2D eigenvalue weighted by atomic mass is 16.5. The third-order valence-corrected chi connectivity index (χ3v) is 5.80. The smallest absolute Gasteiger partial charge is 0.146 e. The minimum absolute atomic E-state index is 0.0301. The zero-order valence-electron chi connectivity index (χ0n) is 20.9. The van der Waals surface area contributed by atoms with Gasteiger partial charge in [0, 0.05) is 42.2 Å². The molecule has 0 spiro atoms. The first-order valence-corrected chi connectivity index (χ1v) is 11.7. The Hall–Kier alpha value is -3.39. The molecule has 0 aliphatic heterocycles. The second-order valence-electron chi connectivity index (χ2n) is 8.69. The first-order chi connectivity index (χ1) is 15.8. The van der Waals surface area contributed by atoms with E-state index in [0.29, 0.717) is 17.9 Å². The molecule has 0 aliphatic carbocycles. The van der Waals surface area contributed by atoms with Crippen molar-refractivity contribution in [3.05, 3.63) is 70.0 Å². The van der Waals surface area contributed by atoms with Gasteiger partial charge in [0.15, 0.2) is 0 Å². The van der Waals surface area contributed by atoms with Gasteiger partial charge in [-0.2, -0.15) is 5.26 Å². The van der Waals surface area contributed by atoms with Gasteiger partial charge in [0.25, 0.3) is 0 Å². The third kappa shape index (κ3) is 5.34. The van der Waals surface area contributed by atoms with Crippen LogP contribution in [-0.4, -0.2) is 23.1 Å². The van der Waals surface area contributed by atoms with E-state index in [4.69, 9.17) is 9.72 Å². The van der Waals surface area contributed by atoms with Crippen molar-refractivity contribution in [2.45, 2.75) is 67.0 Å². The summed E-state index contributed by atoms with van der Waals surface area (Å²) in [6.45, 7) is 13.0. The summed E-state index contributed by atoms with van der Waals surface area (Å²) >= 11 is 0. The molecular formula is C28H34N4O. The number of nitriles is 1. The van der Waals surface area contributed by atoms with E-state index in [1.165, 1.54) is 16.7 Å². The fourth-order valence-electron chi connectivity index (χ4n) is 4.15. The molecule has 0 amide bonds. The predicted octanol–water partition coefficient (Wildman–Crippen LogP) is 6.18. The molecule has 0 saturated heterocycles. The fourth-order valence-corrected chi connectivity index (χ4v) is 4.15. The molecule has 172 valence electrons. The van der Waals surface area contributed by atoms with E-state index in [1.807, 2.05) is 51.8 Å². The van der Waals surface area contributed by atoms with Gasteiger partial charge in [-0.1, -0.05) is 32.0 Å². The number of pyridine rings is 2. The van der Waals surface area contributed by atoms with Gasteiger partial charge < -0.3 is 9.64 Å².